The second-order valence-corrected chi connectivity index (χ2v) is 5.98. The van der Waals surface area contributed by atoms with Crippen molar-refractivity contribution in [2.24, 2.45) is 0 Å². The van der Waals surface area contributed by atoms with Crippen LogP contribution < -0.4 is 10.6 Å². The maximum atomic E-state index is 13.3. The van der Waals surface area contributed by atoms with E-state index in [4.69, 9.17) is 4.74 Å². The van der Waals surface area contributed by atoms with Gasteiger partial charge < -0.3 is 15.4 Å². The molecule has 2 amide bonds. The molecule has 0 spiro atoms. The van der Waals surface area contributed by atoms with Crippen LogP contribution in [0.25, 0.3) is 0 Å². The van der Waals surface area contributed by atoms with E-state index in [2.05, 4.69) is 20.6 Å². The number of carbonyl (C=O) groups is 1. The van der Waals surface area contributed by atoms with Gasteiger partial charge in [0.05, 0.1) is 31.6 Å². The highest BCUT2D eigenvalue weighted by Crippen LogP contribution is 2.16. The maximum Gasteiger partial charge on any atom is 0.323 e. The zero-order valence-electron chi connectivity index (χ0n) is 14.2. The Kier molecular flexibility index (Phi) is 5.62. The van der Waals surface area contributed by atoms with Crippen LogP contribution in [0.1, 0.15) is 5.56 Å². The van der Waals surface area contributed by atoms with Crippen molar-refractivity contribution < 1.29 is 13.9 Å². The molecule has 0 bridgehead atoms. The zero-order valence-corrected chi connectivity index (χ0v) is 14.2. The highest BCUT2D eigenvalue weighted by molar-refractivity contribution is 6.00. The van der Waals surface area contributed by atoms with Crippen molar-refractivity contribution >= 4 is 17.4 Å². The van der Waals surface area contributed by atoms with E-state index >= 15 is 0 Å². The Balaban J connectivity index is 1.50. The fraction of sp³-hybridized carbons (Fsp3) is 0.412. The Labute approximate surface area is 145 Å². The number of carbonyl (C=O) groups excluding carboxylic acids is 1. The lowest BCUT2D eigenvalue weighted by atomic mass is 10.2. The first-order valence-corrected chi connectivity index (χ1v) is 8.27. The van der Waals surface area contributed by atoms with Crippen LogP contribution in [0.4, 0.5) is 20.6 Å². The van der Waals surface area contributed by atoms with Crippen LogP contribution in [0.3, 0.4) is 0 Å². The number of halogens is 1. The van der Waals surface area contributed by atoms with Crippen LogP contribution in [0.2, 0.25) is 0 Å². The van der Waals surface area contributed by atoms with E-state index in [1.165, 1.54) is 12.1 Å². The number of anilines is 2. The standard InChI is InChI=1S/C17H22FN5O2/c1-13-2-3-14(18)10-16(13)21-17(24)20-15-11-19-23(12-15)5-4-22-6-8-25-9-7-22/h2-3,10-12H,4-9H2,1H3,(H2,20,21,24). The Morgan fingerprint density at radius 1 is 1.28 bits per heavy atom. The van der Waals surface area contributed by atoms with E-state index in [-0.39, 0.29) is 0 Å². The maximum absolute atomic E-state index is 13.3. The van der Waals surface area contributed by atoms with Crippen LogP contribution in [0.15, 0.2) is 30.6 Å². The number of morpholine rings is 1. The van der Waals surface area contributed by atoms with Crippen LogP contribution in [-0.2, 0) is 11.3 Å². The number of aryl methyl sites for hydroxylation is 1. The number of ether oxygens (including phenoxy) is 1. The van der Waals surface area contributed by atoms with Gasteiger partial charge in [-0.15, -0.1) is 0 Å². The van der Waals surface area contributed by atoms with E-state index in [1.807, 2.05) is 0 Å². The minimum atomic E-state index is -0.429. The summed E-state index contributed by atoms with van der Waals surface area (Å²) in [6.45, 7) is 6.84. The Morgan fingerprint density at radius 2 is 2.08 bits per heavy atom. The van der Waals surface area contributed by atoms with Crippen molar-refractivity contribution in [3.63, 3.8) is 0 Å². The molecule has 0 aliphatic carbocycles. The van der Waals surface area contributed by atoms with Gasteiger partial charge in [0.2, 0.25) is 0 Å². The number of hydrogen-bond donors (Lipinski definition) is 2. The normalized spacial score (nSPS) is 15.1. The minimum Gasteiger partial charge on any atom is -0.379 e. The molecule has 3 rings (SSSR count). The van der Waals surface area contributed by atoms with Crippen molar-refractivity contribution in [2.75, 3.05) is 43.5 Å². The number of nitrogens with one attached hydrogen (secondary N) is 2. The third-order valence-electron chi connectivity index (χ3n) is 4.09. The van der Waals surface area contributed by atoms with Crippen molar-refractivity contribution in [3.05, 3.63) is 42.0 Å². The molecular formula is C17H22FN5O2. The molecule has 2 N–H and O–H groups in total. The molecule has 1 aromatic carbocycles. The quantitative estimate of drug-likeness (QED) is 0.871. The van der Waals surface area contributed by atoms with E-state index in [9.17, 15) is 9.18 Å². The molecule has 1 aromatic heterocycles. The lowest BCUT2D eigenvalue weighted by Gasteiger charge is -2.26. The molecule has 25 heavy (non-hydrogen) atoms. The van der Waals surface area contributed by atoms with Crippen molar-refractivity contribution in [2.45, 2.75) is 13.5 Å². The second-order valence-electron chi connectivity index (χ2n) is 5.98. The summed E-state index contributed by atoms with van der Waals surface area (Å²) in [5.74, 6) is -0.392. The molecule has 0 unspecified atom stereocenters. The molecule has 1 saturated heterocycles. The summed E-state index contributed by atoms with van der Waals surface area (Å²) >= 11 is 0. The fourth-order valence-electron chi connectivity index (χ4n) is 2.63. The predicted octanol–water partition coefficient (Wildman–Crippen LogP) is 2.31. The van der Waals surface area contributed by atoms with Crippen LogP contribution in [-0.4, -0.2) is 53.6 Å². The van der Waals surface area contributed by atoms with Crippen molar-refractivity contribution in [1.82, 2.24) is 14.7 Å². The van der Waals surface area contributed by atoms with Gasteiger partial charge in [0.15, 0.2) is 0 Å². The van der Waals surface area contributed by atoms with Gasteiger partial charge >= 0.3 is 6.03 Å². The first-order valence-electron chi connectivity index (χ1n) is 8.27. The monoisotopic (exact) mass is 347 g/mol. The van der Waals surface area contributed by atoms with E-state index in [1.54, 1.807) is 30.1 Å². The molecule has 1 aliphatic heterocycles. The van der Waals surface area contributed by atoms with E-state index < -0.39 is 11.8 Å². The van der Waals surface area contributed by atoms with Gasteiger partial charge in [-0.2, -0.15) is 5.10 Å². The summed E-state index contributed by atoms with van der Waals surface area (Å²) in [4.78, 5) is 14.4. The molecule has 134 valence electrons. The molecule has 2 aromatic rings. The van der Waals surface area contributed by atoms with Crippen LogP contribution in [0, 0.1) is 12.7 Å². The molecule has 1 aliphatic rings. The summed E-state index contributed by atoms with van der Waals surface area (Å²) in [6, 6.07) is 3.84. The Hall–Kier alpha value is -2.45. The Morgan fingerprint density at radius 3 is 2.88 bits per heavy atom. The molecule has 2 heterocycles. The molecule has 0 radical (unpaired) electrons. The van der Waals surface area contributed by atoms with E-state index in [0.29, 0.717) is 11.4 Å². The SMILES string of the molecule is Cc1ccc(F)cc1NC(=O)Nc1cnn(CCN2CCOCC2)c1. The third-order valence-corrected chi connectivity index (χ3v) is 4.09. The minimum absolute atomic E-state index is 0.392. The average Bonchev–Trinajstić information content (AvgIpc) is 3.04. The summed E-state index contributed by atoms with van der Waals surface area (Å²) in [5.41, 5.74) is 1.82. The second kappa shape index (κ2) is 8.09. The lowest BCUT2D eigenvalue weighted by molar-refractivity contribution is 0.0360. The summed E-state index contributed by atoms with van der Waals surface area (Å²) in [7, 11) is 0. The van der Waals surface area contributed by atoms with Gasteiger partial charge in [-0.05, 0) is 24.6 Å². The first-order chi connectivity index (χ1) is 12.1. The number of hydrogen-bond acceptors (Lipinski definition) is 4. The molecule has 7 nitrogen and oxygen atoms in total. The van der Waals surface area contributed by atoms with Crippen LogP contribution >= 0.6 is 0 Å². The largest absolute Gasteiger partial charge is 0.379 e. The molecule has 8 heteroatoms. The van der Waals surface area contributed by atoms with Gasteiger partial charge in [-0.3, -0.25) is 9.58 Å². The number of aromatic nitrogens is 2. The zero-order chi connectivity index (χ0) is 17.6. The number of benzene rings is 1. The summed E-state index contributed by atoms with van der Waals surface area (Å²) in [6.07, 6.45) is 3.37. The fourth-order valence-corrected chi connectivity index (χ4v) is 2.63. The molecule has 1 fully saturated rings. The van der Waals surface area contributed by atoms with E-state index in [0.717, 1.165) is 45.0 Å². The average molecular weight is 347 g/mol. The van der Waals surface area contributed by atoms with Gasteiger partial charge in [0.1, 0.15) is 5.82 Å². The summed E-state index contributed by atoms with van der Waals surface area (Å²) < 4.78 is 20.4. The third kappa shape index (κ3) is 5.01. The number of rotatable bonds is 5. The predicted molar refractivity (Wildman–Crippen MR) is 93.3 cm³/mol. The smallest absolute Gasteiger partial charge is 0.323 e. The number of amides is 2. The molecule has 0 saturated carbocycles. The van der Waals surface area contributed by atoms with Gasteiger partial charge in [-0.25, -0.2) is 9.18 Å². The lowest BCUT2D eigenvalue weighted by Crippen LogP contribution is -2.38. The Bertz CT molecular complexity index is 728. The van der Waals surface area contributed by atoms with Gasteiger partial charge in [0.25, 0.3) is 0 Å². The number of urea groups is 1. The van der Waals surface area contributed by atoms with Gasteiger partial charge in [-0.1, -0.05) is 6.07 Å². The first kappa shape index (κ1) is 17.4. The molecule has 0 atom stereocenters. The highest BCUT2D eigenvalue weighted by Gasteiger charge is 2.11. The number of nitrogens with zero attached hydrogens (tertiary/aromatic N) is 3. The van der Waals surface area contributed by atoms with Crippen LogP contribution in [0.5, 0.6) is 0 Å². The van der Waals surface area contributed by atoms with Crippen molar-refractivity contribution in [1.29, 1.82) is 0 Å². The molecular weight excluding hydrogens is 325 g/mol. The highest BCUT2D eigenvalue weighted by atomic mass is 19.1. The topological polar surface area (TPSA) is 71.4 Å². The van der Waals surface area contributed by atoms with Gasteiger partial charge in [0, 0.05) is 31.5 Å². The van der Waals surface area contributed by atoms with Crippen molar-refractivity contribution in [3.8, 4) is 0 Å². The summed E-state index contributed by atoms with van der Waals surface area (Å²) in [5, 5.41) is 9.60.